The number of aromatic nitrogens is 1. The molecule has 2 aromatic carbocycles. The number of amides is 4. The number of anilines is 2. The zero-order chi connectivity index (χ0) is 30.0. The molecule has 4 amide bonds. The average Bonchev–Trinajstić information content (AvgIpc) is 2.97. The van der Waals surface area contributed by atoms with Crippen molar-refractivity contribution >= 4 is 41.0 Å². The Hall–Kier alpha value is -4.25. The van der Waals surface area contributed by atoms with Gasteiger partial charge in [0, 0.05) is 35.5 Å². The number of rotatable bonds is 3. The Bertz CT molecular complexity index is 1540. The van der Waals surface area contributed by atoms with Crippen LogP contribution in [0.5, 0.6) is 0 Å². The van der Waals surface area contributed by atoms with E-state index in [4.69, 9.17) is 11.6 Å². The summed E-state index contributed by atoms with van der Waals surface area (Å²) in [5, 5.41) is 8.14. The Morgan fingerprint density at radius 1 is 1.12 bits per heavy atom. The van der Waals surface area contributed by atoms with Crippen molar-refractivity contribution in [1.29, 1.82) is 0 Å². The van der Waals surface area contributed by atoms with Gasteiger partial charge in [-0.05, 0) is 61.2 Å². The molecule has 1 aromatic heterocycles. The van der Waals surface area contributed by atoms with E-state index in [0.29, 0.717) is 41.9 Å². The number of halogens is 3. The highest BCUT2D eigenvalue weighted by Crippen LogP contribution is 2.37. The fourth-order valence-corrected chi connectivity index (χ4v) is 5.63. The number of hydrogen-bond donors (Lipinski definition) is 3. The van der Waals surface area contributed by atoms with E-state index in [1.54, 1.807) is 35.4 Å². The van der Waals surface area contributed by atoms with Gasteiger partial charge < -0.3 is 20.3 Å². The quantitative estimate of drug-likeness (QED) is 0.287. The second-order valence-corrected chi connectivity index (χ2v) is 10.8. The highest BCUT2D eigenvalue weighted by atomic mass is 35.5. The Morgan fingerprint density at radius 2 is 1.93 bits per heavy atom. The zero-order valence-corrected chi connectivity index (χ0v) is 23.8. The summed E-state index contributed by atoms with van der Waals surface area (Å²) in [6, 6.07) is 9.23. The second kappa shape index (κ2) is 12.3. The van der Waals surface area contributed by atoms with E-state index in [2.05, 4.69) is 25.7 Å². The first-order chi connectivity index (χ1) is 20.2. The van der Waals surface area contributed by atoms with Crippen LogP contribution in [0.4, 0.5) is 29.7 Å². The summed E-state index contributed by atoms with van der Waals surface area (Å²) in [5.74, 6) is -2.17. The Balaban J connectivity index is 1.48. The van der Waals surface area contributed by atoms with Gasteiger partial charge in [0.05, 0.1) is 35.6 Å². The van der Waals surface area contributed by atoms with Crippen LogP contribution in [0.2, 0.25) is 5.02 Å². The van der Waals surface area contributed by atoms with Crippen LogP contribution in [-0.4, -0.2) is 41.6 Å². The van der Waals surface area contributed by atoms with Crippen LogP contribution in [0, 0.1) is 17.6 Å². The Kier molecular flexibility index (Phi) is 8.58. The van der Waals surface area contributed by atoms with E-state index >= 15 is 0 Å². The molecule has 42 heavy (non-hydrogen) atoms. The first-order valence-electron chi connectivity index (χ1n) is 13.6. The van der Waals surface area contributed by atoms with Crippen molar-refractivity contribution in [2.24, 2.45) is 5.92 Å². The highest BCUT2D eigenvalue weighted by molar-refractivity contribution is 6.30. The molecule has 3 N–H and O–H groups in total. The number of methoxy groups -OCH3 is 1. The number of urea groups is 1. The number of ether oxygens (including phenoxy) is 1. The molecule has 3 heterocycles. The minimum Gasteiger partial charge on any atom is -0.453 e. The normalized spacial score (nSPS) is 20.8. The highest BCUT2D eigenvalue weighted by Gasteiger charge is 2.35. The first kappa shape index (κ1) is 29.2. The lowest BCUT2D eigenvalue weighted by Gasteiger charge is -2.38. The van der Waals surface area contributed by atoms with Crippen LogP contribution < -0.4 is 16.0 Å². The van der Waals surface area contributed by atoms with E-state index in [-0.39, 0.29) is 35.4 Å². The van der Waals surface area contributed by atoms with Gasteiger partial charge in [-0.2, -0.15) is 0 Å². The third-order valence-electron chi connectivity index (χ3n) is 7.73. The Morgan fingerprint density at radius 3 is 2.69 bits per heavy atom. The van der Waals surface area contributed by atoms with Crippen LogP contribution in [-0.2, 0) is 9.53 Å². The SMILES string of the molecule is COC(=O)Nc1ccc2c(c1)NC(=O)[C@H](C)CCC[C@H](N1CCC(c3c(F)ccc(Cl)c3F)NC1=O)c1cc-2ccn1. The van der Waals surface area contributed by atoms with Crippen LogP contribution >= 0.6 is 11.6 Å². The molecule has 1 saturated heterocycles. The molecule has 5 rings (SSSR count). The van der Waals surface area contributed by atoms with Crippen LogP contribution in [0.15, 0.2) is 48.7 Å². The number of nitrogens with zero attached hydrogens (tertiary/aromatic N) is 2. The van der Waals surface area contributed by atoms with Gasteiger partial charge in [-0.1, -0.05) is 31.0 Å². The lowest BCUT2D eigenvalue weighted by molar-refractivity contribution is -0.119. The number of fused-ring (bicyclic) bond motifs is 4. The zero-order valence-electron chi connectivity index (χ0n) is 23.0. The molecule has 12 heteroatoms. The summed E-state index contributed by atoms with van der Waals surface area (Å²) in [6.45, 7) is 2.06. The summed E-state index contributed by atoms with van der Waals surface area (Å²) in [7, 11) is 1.26. The smallest absolute Gasteiger partial charge is 0.411 e. The van der Waals surface area contributed by atoms with Crippen molar-refractivity contribution in [2.75, 3.05) is 24.3 Å². The number of benzene rings is 2. The maximum atomic E-state index is 14.7. The summed E-state index contributed by atoms with van der Waals surface area (Å²) in [6.07, 6.45) is 2.95. The predicted octanol–water partition coefficient (Wildman–Crippen LogP) is 6.81. The summed E-state index contributed by atoms with van der Waals surface area (Å²) in [4.78, 5) is 44.5. The molecule has 3 aromatic rings. The average molecular weight is 598 g/mol. The molecule has 3 atom stereocenters. The van der Waals surface area contributed by atoms with Gasteiger partial charge in [-0.25, -0.2) is 18.4 Å². The van der Waals surface area contributed by atoms with Gasteiger partial charge in [0.15, 0.2) is 0 Å². The molecule has 0 aliphatic carbocycles. The molecular formula is C30H30ClF2N5O4. The molecule has 9 nitrogen and oxygen atoms in total. The molecule has 0 saturated carbocycles. The van der Waals surface area contributed by atoms with Crippen LogP contribution in [0.3, 0.4) is 0 Å². The van der Waals surface area contributed by atoms with E-state index in [9.17, 15) is 23.2 Å². The topological polar surface area (TPSA) is 113 Å². The Labute approximate surface area is 246 Å². The fourth-order valence-electron chi connectivity index (χ4n) is 5.46. The predicted molar refractivity (Wildman–Crippen MR) is 154 cm³/mol. The summed E-state index contributed by atoms with van der Waals surface area (Å²) >= 11 is 5.89. The number of nitrogens with one attached hydrogen (secondary N) is 3. The molecule has 2 aliphatic rings. The molecular weight excluding hydrogens is 568 g/mol. The van der Waals surface area contributed by atoms with Crippen molar-refractivity contribution in [3.8, 4) is 11.1 Å². The van der Waals surface area contributed by atoms with E-state index < -0.39 is 35.8 Å². The van der Waals surface area contributed by atoms with Gasteiger partial charge in [0.25, 0.3) is 0 Å². The third-order valence-corrected chi connectivity index (χ3v) is 8.02. The minimum atomic E-state index is -0.883. The number of pyridine rings is 1. The van der Waals surface area contributed by atoms with Crippen LogP contribution in [0.1, 0.15) is 55.9 Å². The van der Waals surface area contributed by atoms with Crippen molar-refractivity contribution < 1.29 is 27.9 Å². The molecule has 2 aliphatic heterocycles. The number of carbonyl (C=O) groups is 3. The molecule has 1 fully saturated rings. The number of hydrogen-bond acceptors (Lipinski definition) is 5. The lowest BCUT2D eigenvalue weighted by atomic mass is 9.93. The van der Waals surface area contributed by atoms with Crippen molar-refractivity contribution in [2.45, 2.75) is 44.7 Å². The first-order valence-corrected chi connectivity index (χ1v) is 14.0. The summed E-state index contributed by atoms with van der Waals surface area (Å²) < 4.78 is 33.9. The number of carbonyl (C=O) groups excluding carboxylic acids is 3. The van der Waals surface area contributed by atoms with Gasteiger partial charge in [0.1, 0.15) is 11.6 Å². The fraction of sp³-hybridized carbons (Fsp3) is 0.333. The largest absolute Gasteiger partial charge is 0.453 e. The lowest BCUT2D eigenvalue weighted by Crippen LogP contribution is -2.50. The van der Waals surface area contributed by atoms with Gasteiger partial charge >= 0.3 is 12.1 Å². The van der Waals surface area contributed by atoms with Crippen molar-refractivity contribution in [1.82, 2.24) is 15.2 Å². The van der Waals surface area contributed by atoms with Gasteiger partial charge in [-0.15, -0.1) is 0 Å². The maximum Gasteiger partial charge on any atom is 0.411 e. The van der Waals surface area contributed by atoms with E-state index in [0.717, 1.165) is 17.7 Å². The van der Waals surface area contributed by atoms with Gasteiger partial charge in [-0.3, -0.25) is 15.1 Å². The van der Waals surface area contributed by atoms with Crippen molar-refractivity contribution in [3.05, 3.63) is 76.6 Å². The third kappa shape index (κ3) is 6.01. The second-order valence-electron chi connectivity index (χ2n) is 10.4. The summed E-state index contributed by atoms with van der Waals surface area (Å²) in [5.41, 5.74) is 2.77. The molecule has 220 valence electrons. The molecule has 1 unspecified atom stereocenters. The molecule has 2 bridgehead atoms. The molecule has 0 spiro atoms. The van der Waals surface area contributed by atoms with E-state index in [1.807, 2.05) is 13.0 Å². The van der Waals surface area contributed by atoms with Crippen LogP contribution in [0.25, 0.3) is 11.1 Å². The monoisotopic (exact) mass is 597 g/mol. The van der Waals surface area contributed by atoms with Crippen molar-refractivity contribution in [3.63, 3.8) is 0 Å². The standard InChI is InChI=1S/C30H30ClF2N5O4/c1-16-4-3-5-25(38-13-11-22(37-29(38)40)26-21(32)9-8-20(31)27(26)33)24-14-17(10-12-34-24)19-7-6-18(35-30(41)42-2)15-23(19)36-28(16)39/h6-10,12,14-16,22,25H,3-5,11,13H2,1-2H3,(H,35,41)(H,36,39)(H,37,40)/t16-,22?,25+/m1/s1. The van der Waals surface area contributed by atoms with E-state index in [1.165, 1.54) is 7.11 Å². The van der Waals surface area contributed by atoms with Gasteiger partial charge in [0.2, 0.25) is 5.91 Å². The minimum absolute atomic E-state index is 0.179. The molecule has 0 radical (unpaired) electrons. The maximum absolute atomic E-state index is 14.7.